The molecule has 0 radical (unpaired) electrons. The molecule has 2 fully saturated rings. The van der Waals surface area contributed by atoms with Crippen molar-refractivity contribution in [3.63, 3.8) is 0 Å². The predicted octanol–water partition coefficient (Wildman–Crippen LogP) is 0.428. The number of aliphatic hydroxyl groups excluding tert-OH is 1. The molecule has 3 nitrogen and oxygen atoms in total. The van der Waals surface area contributed by atoms with E-state index in [-0.39, 0.29) is 17.9 Å². The van der Waals surface area contributed by atoms with E-state index in [0.717, 1.165) is 25.7 Å². The molecule has 2 rings (SSSR count). The summed E-state index contributed by atoms with van der Waals surface area (Å²) in [5.41, 5.74) is -0.379. The molecule has 0 bridgehead atoms. The summed E-state index contributed by atoms with van der Waals surface area (Å²) in [7, 11) is 0. The molecule has 0 saturated heterocycles. The van der Waals surface area contributed by atoms with E-state index in [2.05, 4.69) is 5.32 Å². The lowest BCUT2D eigenvalue weighted by Crippen LogP contribution is -2.44. The number of hydrogen-bond donors (Lipinski definition) is 2. The summed E-state index contributed by atoms with van der Waals surface area (Å²) in [6.07, 6.45) is 5.20. The smallest absolute Gasteiger partial charge is 0.228 e. The van der Waals surface area contributed by atoms with Gasteiger partial charge in [-0.25, -0.2) is 0 Å². The van der Waals surface area contributed by atoms with Crippen molar-refractivity contribution in [2.75, 3.05) is 6.61 Å². The minimum Gasteiger partial charge on any atom is -0.395 e. The maximum Gasteiger partial charge on any atom is 0.228 e. The van der Waals surface area contributed by atoms with Gasteiger partial charge in [-0.3, -0.25) is 4.79 Å². The van der Waals surface area contributed by atoms with Crippen LogP contribution in [0.1, 0.15) is 32.1 Å². The third-order valence-corrected chi connectivity index (χ3v) is 3.08. The van der Waals surface area contributed by atoms with Gasteiger partial charge in [0.25, 0.3) is 0 Å². The Morgan fingerprint density at radius 1 is 1.50 bits per heavy atom. The molecule has 0 spiro atoms. The Morgan fingerprint density at radius 3 is 2.50 bits per heavy atom. The molecule has 2 aliphatic rings. The maximum atomic E-state index is 11.5. The van der Waals surface area contributed by atoms with Crippen LogP contribution in [0.2, 0.25) is 0 Å². The quantitative estimate of drug-likeness (QED) is 0.643. The maximum absolute atomic E-state index is 11.5. The van der Waals surface area contributed by atoms with Crippen LogP contribution < -0.4 is 5.32 Å². The highest BCUT2D eigenvalue weighted by Crippen LogP contribution is 2.45. The average Bonchev–Trinajstić information content (AvgIpc) is 2.76. The minimum absolute atomic E-state index is 0.0194. The zero-order chi connectivity index (χ0) is 8.60. The molecule has 2 N–H and O–H groups in total. The Balaban J connectivity index is 1.83. The van der Waals surface area contributed by atoms with Gasteiger partial charge in [0.15, 0.2) is 0 Å². The molecule has 0 aromatic carbocycles. The summed E-state index contributed by atoms with van der Waals surface area (Å²) in [5, 5.41) is 11.9. The molecular formula is C9H15NO2. The van der Waals surface area contributed by atoms with Crippen molar-refractivity contribution in [3.05, 3.63) is 0 Å². The Bertz CT molecular complexity index is 195. The molecule has 12 heavy (non-hydrogen) atoms. The first-order chi connectivity index (χ1) is 5.77. The molecule has 0 heterocycles. The Hall–Kier alpha value is -0.570. The number of nitrogens with one attached hydrogen (secondary N) is 1. The number of carbonyl (C=O) groups is 1. The molecule has 0 aliphatic heterocycles. The van der Waals surface area contributed by atoms with E-state index < -0.39 is 0 Å². The molecule has 0 unspecified atom stereocenters. The molecule has 2 aliphatic carbocycles. The summed E-state index contributed by atoms with van der Waals surface area (Å²) in [6.45, 7) is 0.0194. The molecule has 3 heteroatoms. The zero-order valence-corrected chi connectivity index (χ0v) is 7.18. The Labute approximate surface area is 72.2 Å². The summed E-state index contributed by atoms with van der Waals surface area (Å²) >= 11 is 0. The average molecular weight is 169 g/mol. The van der Waals surface area contributed by atoms with Gasteiger partial charge in [0.1, 0.15) is 0 Å². The summed E-state index contributed by atoms with van der Waals surface area (Å²) < 4.78 is 0. The molecule has 0 atom stereocenters. The number of aliphatic hydroxyl groups is 1. The topological polar surface area (TPSA) is 49.3 Å². The van der Waals surface area contributed by atoms with Crippen LogP contribution in [0.15, 0.2) is 0 Å². The van der Waals surface area contributed by atoms with Crippen molar-refractivity contribution in [2.45, 2.75) is 38.1 Å². The second-order valence-corrected chi connectivity index (χ2v) is 4.04. The Morgan fingerprint density at radius 2 is 2.17 bits per heavy atom. The van der Waals surface area contributed by atoms with E-state index in [0.29, 0.717) is 6.04 Å². The highest BCUT2D eigenvalue weighted by atomic mass is 16.3. The van der Waals surface area contributed by atoms with Gasteiger partial charge in [-0.1, -0.05) is 0 Å². The van der Waals surface area contributed by atoms with Crippen molar-refractivity contribution >= 4 is 5.91 Å². The lowest BCUT2D eigenvalue weighted by molar-refractivity contribution is -0.129. The van der Waals surface area contributed by atoms with Gasteiger partial charge in [-0.05, 0) is 32.1 Å². The van der Waals surface area contributed by atoms with Gasteiger partial charge >= 0.3 is 0 Å². The first kappa shape index (κ1) is 8.05. The van der Waals surface area contributed by atoms with Crippen molar-refractivity contribution in [2.24, 2.45) is 5.41 Å². The largest absolute Gasteiger partial charge is 0.395 e. The van der Waals surface area contributed by atoms with Crippen LogP contribution in [0, 0.1) is 5.41 Å². The fourth-order valence-electron chi connectivity index (χ4n) is 1.50. The van der Waals surface area contributed by atoms with Crippen molar-refractivity contribution in [1.82, 2.24) is 5.32 Å². The summed E-state index contributed by atoms with van der Waals surface area (Å²) in [4.78, 5) is 11.5. The zero-order valence-electron chi connectivity index (χ0n) is 7.18. The third kappa shape index (κ3) is 1.22. The standard InChI is InChI=1S/C9H15NO2/c11-6-9(4-5-9)8(12)10-7-2-1-3-7/h7,11H,1-6H2,(H,10,12). The van der Waals surface area contributed by atoms with Gasteiger partial charge in [0.2, 0.25) is 5.91 Å². The van der Waals surface area contributed by atoms with E-state index in [1.807, 2.05) is 0 Å². The second kappa shape index (κ2) is 2.73. The lowest BCUT2D eigenvalue weighted by Gasteiger charge is -2.28. The number of hydrogen-bond acceptors (Lipinski definition) is 2. The van der Waals surface area contributed by atoms with Gasteiger partial charge in [0.05, 0.1) is 12.0 Å². The molecule has 1 amide bonds. The van der Waals surface area contributed by atoms with Crippen LogP contribution in [0.25, 0.3) is 0 Å². The summed E-state index contributed by atoms with van der Waals surface area (Å²) in [5.74, 6) is 0.0784. The minimum atomic E-state index is -0.379. The number of amides is 1. The van der Waals surface area contributed by atoms with E-state index >= 15 is 0 Å². The van der Waals surface area contributed by atoms with Crippen molar-refractivity contribution in [1.29, 1.82) is 0 Å². The lowest BCUT2D eigenvalue weighted by atomic mass is 9.92. The second-order valence-electron chi connectivity index (χ2n) is 4.04. The fraction of sp³-hybridized carbons (Fsp3) is 0.889. The predicted molar refractivity (Wildman–Crippen MR) is 44.5 cm³/mol. The fourth-order valence-corrected chi connectivity index (χ4v) is 1.50. The number of carbonyl (C=O) groups excluding carboxylic acids is 1. The van der Waals surface area contributed by atoms with Crippen LogP contribution >= 0.6 is 0 Å². The van der Waals surface area contributed by atoms with Crippen molar-refractivity contribution in [3.8, 4) is 0 Å². The van der Waals surface area contributed by atoms with Crippen LogP contribution in [0.3, 0.4) is 0 Å². The molecule has 68 valence electrons. The van der Waals surface area contributed by atoms with E-state index in [1.165, 1.54) is 6.42 Å². The van der Waals surface area contributed by atoms with Crippen LogP contribution in [0.5, 0.6) is 0 Å². The monoisotopic (exact) mass is 169 g/mol. The molecule has 2 saturated carbocycles. The first-order valence-electron chi connectivity index (χ1n) is 4.69. The van der Waals surface area contributed by atoms with Crippen LogP contribution in [-0.4, -0.2) is 23.7 Å². The third-order valence-electron chi connectivity index (χ3n) is 3.08. The highest BCUT2D eigenvalue weighted by Gasteiger charge is 2.49. The van der Waals surface area contributed by atoms with Crippen molar-refractivity contribution < 1.29 is 9.90 Å². The molecule has 0 aromatic heterocycles. The Kier molecular flexibility index (Phi) is 1.83. The van der Waals surface area contributed by atoms with Crippen LogP contribution in [0.4, 0.5) is 0 Å². The molecule has 0 aromatic rings. The van der Waals surface area contributed by atoms with Gasteiger partial charge in [-0.15, -0.1) is 0 Å². The summed E-state index contributed by atoms with van der Waals surface area (Å²) in [6, 6.07) is 0.404. The molecular weight excluding hydrogens is 154 g/mol. The van der Waals surface area contributed by atoms with Crippen LogP contribution in [-0.2, 0) is 4.79 Å². The van der Waals surface area contributed by atoms with E-state index in [9.17, 15) is 4.79 Å². The number of rotatable bonds is 3. The SMILES string of the molecule is O=C(NC1CCC1)C1(CO)CC1. The highest BCUT2D eigenvalue weighted by molar-refractivity contribution is 5.85. The van der Waals surface area contributed by atoms with Gasteiger partial charge in [-0.2, -0.15) is 0 Å². The van der Waals surface area contributed by atoms with E-state index in [4.69, 9.17) is 5.11 Å². The van der Waals surface area contributed by atoms with E-state index in [1.54, 1.807) is 0 Å². The van der Waals surface area contributed by atoms with Gasteiger partial charge in [0, 0.05) is 6.04 Å². The van der Waals surface area contributed by atoms with Gasteiger partial charge < -0.3 is 10.4 Å². The first-order valence-corrected chi connectivity index (χ1v) is 4.69. The normalized spacial score (nSPS) is 26.1.